The summed E-state index contributed by atoms with van der Waals surface area (Å²) in [6, 6.07) is -0.662. The first-order valence-corrected chi connectivity index (χ1v) is 6.41. The van der Waals surface area contributed by atoms with Gasteiger partial charge in [-0.15, -0.1) is 0 Å². The lowest BCUT2D eigenvalue weighted by Gasteiger charge is -2.25. The first-order chi connectivity index (χ1) is 8.85. The minimum Gasteiger partial charge on any atom is -0.480 e. The number of amides is 3. The molecule has 0 radical (unpaired) electrons. The Morgan fingerprint density at radius 3 is 2.21 bits per heavy atom. The smallest absolute Gasteiger partial charge is 0.329 e. The number of hydrogen-bond donors (Lipinski definition) is 4. The maximum absolute atomic E-state index is 11.6. The van der Waals surface area contributed by atoms with Crippen molar-refractivity contribution in [3.05, 3.63) is 0 Å². The molecule has 3 amide bonds. The Labute approximate surface area is 113 Å². The van der Waals surface area contributed by atoms with Crippen molar-refractivity contribution < 1.29 is 19.5 Å². The summed E-state index contributed by atoms with van der Waals surface area (Å²) in [5.74, 6) is -1.40. The molecule has 0 saturated carbocycles. The van der Waals surface area contributed by atoms with Gasteiger partial charge in [0.1, 0.15) is 5.54 Å². The van der Waals surface area contributed by atoms with E-state index in [9.17, 15) is 14.4 Å². The fraction of sp³-hybridized carbons (Fsp3) is 0.750. The van der Waals surface area contributed by atoms with Crippen LogP contribution in [0.15, 0.2) is 0 Å². The van der Waals surface area contributed by atoms with E-state index in [4.69, 9.17) is 5.11 Å². The summed E-state index contributed by atoms with van der Waals surface area (Å²) in [4.78, 5) is 33.9. The molecule has 0 spiro atoms. The summed E-state index contributed by atoms with van der Waals surface area (Å²) in [6.45, 7) is 5.57. The molecule has 110 valence electrons. The van der Waals surface area contributed by atoms with Crippen molar-refractivity contribution in [2.24, 2.45) is 0 Å². The largest absolute Gasteiger partial charge is 0.480 e. The van der Waals surface area contributed by atoms with E-state index in [1.165, 1.54) is 6.92 Å². The predicted octanol–water partition coefficient (Wildman–Crippen LogP) is 0.455. The van der Waals surface area contributed by atoms with Crippen molar-refractivity contribution in [3.8, 4) is 0 Å². The molecule has 0 fully saturated rings. The molecule has 0 aromatic carbocycles. The first-order valence-electron chi connectivity index (χ1n) is 6.41. The monoisotopic (exact) mass is 273 g/mol. The van der Waals surface area contributed by atoms with Crippen molar-refractivity contribution in [2.75, 3.05) is 13.1 Å². The summed E-state index contributed by atoms with van der Waals surface area (Å²) in [5.41, 5.74) is -1.32. The molecule has 0 bridgehead atoms. The van der Waals surface area contributed by atoms with E-state index < -0.39 is 17.5 Å². The summed E-state index contributed by atoms with van der Waals surface area (Å²) in [5, 5.41) is 16.4. The molecule has 0 aromatic rings. The van der Waals surface area contributed by atoms with Crippen molar-refractivity contribution in [2.45, 2.75) is 45.6 Å². The SMILES string of the molecule is CCCNC(=O)CNC(=O)NC(C)(CCC)C(=O)O. The Balaban J connectivity index is 4.21. The molecule has 0 rings (SSSR count). The second-order valence-corrected chi connectivity index (χ2v) is 4.54. The van der Waals surface area contributed by atoms with E-state index in [2.05, 4.69) is 16.0 Å². The molecule has 7 heteroatoms. The third kappa shape index (κ3) is 6.64. The Bertz CT molecular complexity index is 333. The van der Waals surface area contributed by atoms with Gasteiger partial charge in [0, 0.05) is 6.54 Å². The van der Waals surface area contributed by atoms with Crippen LogP contribution >= 0.6 is 0 Å². The fourth-order valence-electron chi connectivity index (χ4n) is 1.51. The average Bonchev–Trinajstić information content (AvgIpc) is 2.33. The van der Waals surface area contributed by atoms with Crippen LogP contribution in [0, 0.1) is 0 Å². The van der Waals surface area contributed by atoms with Crippen molar-refractivity contribution in [1.29, 1.82) is 0 Å². The summed E-state index contributed by atoms with van der Waals surface area (Å²) >= 11 is 0. The molecule has 19 heavy (non-hydrogen) atoms. The zero-order valence-electron chi connectivity index (χ0n) is 11.7. The number of carbonyl (C=O) groups is 3. The van der Waals surface area contributed by atoms with Crippen LogP contribution in [-0.4, -0.2) is 41.6 Å². The van der Waals surface area contributed by atoms with Gasteiger partial charge in [-0.25, -0.2) is 9.59 Å². The molecule has 0 aliphatic heterocycles. The third-order valence-corrected chi connectivity index (χ3v) is 2.59. The van der Waals surface area contributed by atoms with Gasteiger partial charge < -0.3 is 21.1 Å². The van der Waals surface area contributed by atoms with Gasteiger partial charge in [0.05, 0.1) is 6.54 Å². The molecular weight excluding hydrogens is 250 g/mol. The molecule has 7 nitrogen and oxygen atoms in total. The van der Waals surface area contributed by atoms with Gasteiger partial charge in [-0.05, 0) is 19.8 Å². The maximum atomic E-state index is 11.6. The quantitative estimate of drug-likeness (QED) is 0.515. The Kier molecular flexibility index (Phi) is 7.55. The molecule has 0 aliphatic carbocycles. The van der Waals surface area contributed by atoms with Gasteiger partial charge in [-0.1, -0.05) is 20.3 Å². The van der Waals surface area contributed by atoms with Gasteiger partial charge in [0.25, 0.3) is 0 Å². The highest BCUT2D eigenvalue weighted by Gasteiger charge is 2.33. The summed E-state index contributed by atoms with van der Waals surface area (Å²) in [6.07, 6.45) is 1.75. The van der Waals surface area contributed by atoms with Crippen LogP contribution in [-0.2, 0) is 9.59 Å². The minimum absolute atomic E-state index is 0.173. The van der Waals surface area contributed by atoms with E-state index in [0.29, 0.717) is 19.4 Å². The third-order valence-electron chi connectivity index (χ3n) is 2.59. The second-order valence-electron chi connectivity index (χ2n) is 4.54. The number of urea groups is 1. The molecule has 0 aliphatic rings. The van der Waals surface area contributed by atoms with Crippen LogP contribution in [0.5, 0.6) is 0 Å². The molecule has 1 atom stereocenters. The zero-order valence-corrected chi connectivity index (χ0v) is 11.7. The average molecular weight is 273 g/mol. The molecule has 1 unspecified atom stereocenters. The van der Waals surface area contributed by atoms with Crippen LogP contribution in [0.4, 0.5) is 4.79 Å². The molecule has 0 saturated heterocycles. The van der Waals surface area contributed by atoms with E-state index in [0.717, 1.165) is 6.42 Å². The lowest BCUT2D eigenvalue weighted by atomic mass is 9.97. The fourth-order valence-corrected chi connectivity index (χ4v) is 1.51. The molecular formula is C12H23N3O4. The highest BCUT2D eigenvalue weighted by Crippen LogP contribution is 2.12. The highest BCUT2D eigenvalue weighted by atomic mass is 16.4. The van der Waals surface area contributed by atoms with E-state index in [1.807, 2.05) is 13.8 Å². The van der Waals surface area contributed by atoms with E-state index in [-0.39, 0.29) is 12.5 Å². The van der Waals surface area contributed by atoms with Gasteiger partial charge in [0.15, 0.2) is 0 Å². The highest BCUT2D eigenvalue weighted by molar-refractivity contribution is 5.88. The van der Waals surface area contributed by atoms with Gasteiger partial charge >= 0.3 is 12.0 Å². The normalized spacial score (nSPS) is 13.2. The first kappa shape index (κ1) is 17.2. The van der Waals surface area contributed by atoms with Crippen LogP contribution < -0.4 is 16.0 Å². The Morgan fingerprint density at radius 1 is 1.11 bits per heavy atom. The van der Waals surface area contributed by atoms with Crippen molar-refractivity contribution in [3.63, 3.8) is 0 Å². The van der Waals surface area contributed by atoms with Gasteiger partial charge in [-0.3, -0.25) is 4.79 Å². The Hall–Kier alpha value is -1.79. The van der Waals surface area contributed by atoms with Crippen molar-refractivity contribution >= 4 is 17.9 Å². The number of nitrogens with one attached hydrogen (secondary N) is 3. The summed E-state index contributed by atoms with van der Waals surface area (Å²) in [7, 11) is 0. The van der Waals surface area contributed by atoms with Gasteiger partial charge in [0.2, 0.25) is 5.91 Å². The lowest BCUT2D eigenvalue weighted by molar-refractivity contribution is -0.144. The van der Waals surface area contributed by atoms with Crippen LogP contribution in [0.1, 0.15) is 40.0 Å². The number of aliphatic carboxylic acids is 1. The topological polar surface area (TPSA) is 108 Å². The van der Waals surface area contributed by atoms with Gasteiger partial charge in [-0.2, -0.15) is 0 Å². The zero-order chi connectivity index (χ0) is 14.9. The number of carbonyl (C=O) groups excluding carboxylic acids is 2. The number of hydrogen-bond acceptors (Lipinski definition) is 3. The number of carboxylic acids is 1. The summed E-state index contributed by atoms with van der Waals surface area (Å²) < 4.78 is 0. The molecule has 0 heterocycles. The minimum atomic E-state index is -1.32. The van der Waals surface area contributed by atoms with E-state index in [1.54, 1.807) is 0 Å². The van der Waals surface area contributed by atoms with E-state index >= 15 is 0 Å². The standard InChI is InChI=1S/C12H23N3O4/c1-4-6-12(3,10(17)18)15-11(19)14-8-9(16)13-7-5-2/h4-8H2,1-3H3,(H,13,16)(H,17,18)(H2,14,15,19). The molecule has 0 aromatic heterocycles. The van der Waals surface area contributed by atoms with Crippen LogP contribution in [0.25, 0.3) is 0 Å². The van der Waals surface area contributed by atoms with Crippen LogP contribution in [0.3, 0.4) is 0 Å². The maximum Gasteiger partial charge on any atom is 0.329 e. The second kappa shape index (κ2) is 8.34. The Morgan fingerprint density at radius 2 is 1.74 bits per heavy atom. The molecule has 4 N–H and O–H groups in total. The predicted molar refractivity (Wildman–Crippen MR) is 70.8 cm³/mol. The number of carboxylic acid groups (broad SMARTS) is 1. The number of rotatable bonds is 8. The lowest BCUT2D eigenvalue weighted by Crippen LogP contribution is -2.56. The van der Waals surface area contributed by atoms with Crippen molar-refractivity contribution in [1.82, 2.24) is 16.0 Å². The van der Waals surface area contributed by atoms with Crippen LogP contribution in [0.2, 0.25) is 0 Å².